The zero-order valence-corrected chi connectivity index (χ0v) is 8.36. The summed E-state index contributed by atoms with van der Waals surface area (Å²) in [7, 11) is -3.19. The lowest BCUT2D eigenvalue weighted by molar-refractivity contribution is -0.116. The molecule has 0 heterocycles. The third-order valence-electron chi connectivity index (χ3n) is 1.88. The van der Waals surface area contributed by atoms with Crippen LogP contribution in [0.25, 0.3) is 0 Å². The molecule has 1 N–H and O–H groups in total. The second-order valence-electron chi connectivity index (χ2n) is 3.14. The van der Waals surface area contributed by atoms with E-state index in [2.05, 4.69) is 4.72 Å². The van der Waals surface area contributed by atoms with E-state index in [-0.39, 0.29) is 12.3 Å². The van der Waals surface area contributed by atoms with Crippen LogP contribution in [0.1, 0.15) is 19.3 Å². The van der Waals surface area contributed by atoms with Gasteiger partial charge in [0, 0.05) is 18.5 Å². The van der Waals surface area contributed by atoms with Gasteiger partial charge in [0.1, 0.15) is 0 Å². The lowest BCUT2D eigenvalue weighted by atomic mass is 9.98. The number of carbonyl (C=O) groups excluding carboxylic acids is 1. The van der Waals surface area contributed by atoms with Crippen molar-refractivity contribution in [3.63, 3.8) is 0 Å². The number of Topliss-reactive ketones (excluding diaryl/α,β-unsaturated/α-hetero) is 1. The van der Waals surface area contributed by atoms with Crippen molar-refractivity contribution in [2.24, 2.45) is 0 Å². The first-order chi connectivity index (χ1) is 5.99. The van der Waals surface area contributed by atoms with E-state index in [0.29, 0.717) is 12.0 Å². The van der Waals surface area contributed by atoms with Crippen molar-refractivity contribution in [1.82, 2.24) is 4.72 Å². The van der Waals surface area contributed by atoms with Gasteiger partial charge in [-0.05, 0) is 12.8 Å². The maximum Gasteiger partial charge on any atom is 0.209 e. The molecule has 1 aliphatic carbocycles. The summed E-state index contributed by atoms with van der Waals surface area (Å²) in [5.74, 6) is 0.0578. The van der Waals surface area contributed by atoms with Crippen molar-refractivity contribution >= 4 is 15.8 Å². The number of hydrogen-bond donors (Lipinski definition) is 1. The quantitative estimate of drug-likeness (QED) is 0.713. The Bertz CT molecular complexity index is 329. The lowest BCUT2D eigenvalue weighted by Crippen LogP contribution is -2.27. The van der Waals surface area contributed by atoms with Crippen molar-refractivity contribution in [2.75, 3.05) is 12.8 Å². The molecular formula is C8H13NO3S. The highest BCUT2D eigenvalue weighted by atomic mass is 32.2. The normalized spacial score (nSPS) is 18.5. The third-order valence-corrected chi connectivity index (χ3v) is 2.55. The summed E-state index contributed by atoms with van der Waals surface area (Å²) in [5, 5.41) is 0. The van der Waals surface area contributed by atoms with Crippen LogP contribution in [0.4, 0.5) is 0 Å². The smallest absolute Gasteiger partial charge is 0.209 e. The average molecular weight is 203 g/mol. The van der Waals surface area contributed by atoms with Gasteiger partial charge in [-0.25, -0.2) is 13.1 Å². The van der Waals surface area contributed by atoms with Gasteiger partial charge in [0.2, 0.25) is 10.0 Å². The molecule has 0 aromatic carbocycles. The van der Waals surface area contributed by atoms with Crippen LogP contribution < -0.4 is 4.72 Å². The van der Waals surface area contributed by atoms with E-state index < -0.39 is 10.0 Å². The second kappa shape index (κ2) is 4.02. The molecule has 1 aliphatic rings. The van der Waals surface area contributed by atoms with Gasteiger partial charge in [-0.3, -0.25) is 4.79 Å². The number of ketones is 1. The first kappa shape index (κ1) is 10.4. The Labute approximate surface area is 78.1 Å². The second-order valence-corrected chi connectivity index (χ2v) is 4.97. The Hall–Kier alpha value is -0.680. The highest BCUT2D eigenvalue weighted by molar-refractivity contribution is 7.88. The lowest BCUT2D eigenvalue weighted by Gasteiger charge is -2.11. The summed E-state index contributed by atoms with van der Waals surface area (Å²) in [5.41, 5.74) is 0.594. The first-order valence-corrected chi connectivity index (χ1v) is 6.05. The van der Waals surface area contributed by atoms with Crippen LogP contribution in [-0.4, -0.2) is 27.0 Å². The Morgan fingerprint density at radius 2 is 2.23 bits per heavy atom. The minimum absolute atomic E-state index is 0.0578. The van der Waals surface area contributed by atoms with Gasteiger partial charge in [-0.2, -0.15) is 0 Å². The highest BCUT2D eigenvalue weighted by Crippen LogP contribution is 2.12. The molecule has 0 unspecified atom stereocenters. The fraction of sp³-hybridized carbons (Fsp3) is 0.625. The predicted octanol–water partition coefficient (Wildman–Crippen LogP) is 0.215. The monoisotopic (exact) mass is 203 g/mol. The average Bonchev–Trinajstić information content (AvgIpc) is 2.01. The maximum atomic E-state index is 11.2. The van der Waals surface area contributed by atoms with E-state index in [9.17, 15) is 13.2 Å². The fourth-order valence-electron chi connectivity index (χ4n) is 1.19. The molecule has 13 heavy (non-hydrogen) atoms. The number of rotatable bonds is 3. The van der Waals surface area contributed by atoms with E-state index >= 15 is 0 Å². The molecule has 0 spiro atoms. The molecular weight excluding hydrogens is 190 g/mol. The largest absolute Gasteiger partial charge is 0.295 e. The topological polar surface area (TPSA) is 63.2 Å². The molecule has 0 fully saturated rings. The van der Waals surface area contributed by atoms with Crippen LogP contribution in [0.2, 0.25) is 0 Å². The van der Waals surface area contributed by atoms with Gasteiger partial charge >= 0.3 is 0 Å². The molecule has 0 saturated heterocycles. The molecule has 0 aromatic rings. The van der Waals surface area contributed by atoms with Gasteiger partial charge in [0.25, 0.3) is 0 Å². The molecule has 0 aromatic heterocycles. The fourth-order valence-corrected chi connectivity index (χ4v) is 1.61. The van der Waals surface area contributed by atoms with Crippen LogP contribution in [0.3, 0.4) is 0 Å². The van der Waals surface area contributed by atoms with Crippen molar-refractivity contribution in [3.8, 4) is 0 Å². The molecule has 0 bridgehead atoms. The summed E-state index contributed by atoms with van der Waals surface area (Å²) >= 11 is 0. The van der Waals surface area contributed by atoms with E-state index in [0.717, 1.165) is 19.1 Å². The summed E-state index contributed by atoms with van der Waals surface area (Å²) < 4.78 is 23.8. The molecule has 4 nitrogen and oxygen atoms in total. The molecule has 5 heteroatoms. The number of sulfonamides is 1. The molecule has 0 radical (unpaired) electrons. The predicted molar refractivity (Wildman–Crippen MR) is 49.8 cm³/mol. The number of hydrogen-bond acceptors (Lipinski definition) is 3. The minimum Gasteiger partial charge on any atom is -0.295 e. The third kappa shape index (κ3) is 3.69. The van der Waals surface area contributed by atoms with E-state index in [1.165, 1.54) is 0 Å². The molecule has 0 amide bonds. The zero-order valence-electron chi connectivity index (χ0n) is 7.54. The number of nitrogens with one attached hydrogen (secondary N) is 1. The van der Waals surface area contributed by atoms with Gasteiger partial charge in [0.05, 0.1) is 6.26 Å². The molecule has 0 saturated carbocycles. The SMILES string of the molecule is CS(=O)(=O)NCC1=CCCCC1=O. The maximum absolute atomic E-state index is 11.2. The van der Waals surface area contributed by atoms with Crippen LogP contribution in [-0.2, 0) is 14.8 Å². The Morgan fingerprint density at radius 3 is 2.77 bits per heavy atom. The Morgan fingerprint density at radius 1 is 1.54 bits per heavy atom. The Kier molecular flexibility index (Phi) is 3.22. The Balaban J connectivity index is 2.54. The van der Waals surface area contributed by atoms with E-state index in [1.54, 1.807) is 0 Å². The summed E-state index contributed by atoms with van der Waals surface area (Å²) in [4.78, 5) is 11.2. The van der Waals surface area contributed by atoms with Gasteiger partial charge < -0.3 is 0 Å². The van der Waals surface area contributed by atoms with E-state index in [4.69, 9.17) is 0 Å². The molecule has 0 atom stereocenters. The highest BCUT2D eigenvalue weighted by Gasteiger charge is 2.14. The van der Waals surface area contributed by atoms with Gasteiger partial charge in [-0.1, -0.05) is 6.08 Å². The minimum atomic E-state index is -3.19. The summed E-state index contributed by atoms with van der Waals surface area (Å²) in [6, 6.07) is 0. The van der Waals surface area contributed by atoms with Gasteiger partial charge in [-0.15, -0.1) is 0 Å². The standard InChI is InChI=1S/C8H13NO3S/c1-13(11,12)9-6-7-4-2-3-5-8(7)10/h4,9H,2-3,5-6H2,1H3. The summed E-state index contributed by atoms with van der Waals surface area (Å²) in [6.07, 6.45) is 5.18. The van der Waals surface area contributed by atoms with Crippen LogP contribution in [0.15, 0.2) is 11.6 Å². The van der Waals surface area contributed by atoms with Crippen molar-refractivity contribution in [3.05, 3.63) is 11.6 Å². The molecule has 74 valence electrons. The number of carbonyl (C=O) groups is 1. The molecule has 0 aliphatic heterocycles. The number of allylic oxidation sites excluding steroid dienone is 1. The van der Waals surface area contributed by atoms with Crippen molar-refractivity contribution in [2.45, 2.75) is 19.3 Å². The van der Waals surface area contributed by atoms with Crippen molar-refractivity contribution < 1.29 is 13.2 Å². The zero-order chi connectivity index (χ0) is 9.90. The van der Waals surface area contributed by atoms with Gasteiger partial charge in [0.15, 0.2) is 5.78 Å². The van der Waals surface area contributed by atoms with Crippen LogP contribution >= 0.6 is 0 Å². The van der Waals surface area contributed by atoms with Crippen LogP contribution in [0, 0.1) is 0 Å². The molecule has 1 rings (SSSR count). The van der Waals surface area contributed by atoms with Crippen LogP contribution in [0.5, 0.6) is 0 Å². The van der Waals surface area contributed by atoms with E-state index in [1.807, 2.05) is 6.08 Å². The van der Waals surface area contributed by atoms with Crippen molar-refractivity contribution in [1.29, 1.82) is 0 Å². The first-order valence-electron chi connectivity index (χ1n) is 4.16. The summed E-state index contributed by atoms with van der Waals surface area (Å²) in [6.45, 7) is 0.137.